The Bertz CT molecular complexity index is 373. The lowest BCUT2D eigenvalue weighted by Gasteiger charge is -2.19. The summed E-state index contributed by atoms with van der Waals surface area (Å²) in [6.45, 7) is 4.48. The molecule has 3 nitrogen and oxygen atoms in total. The Morgan fingerprint density at radius 2 is 2.17 bits per heavy atom. The average Bonchev–Trinajstić information content (AvgIpc) is 2.42. The molecule has 98 valence electrons. The van der Waals surface area contributed by atoms with Crippen molar-refractivity contribution in [1.82, 2.24) is 5.32 Å². The largest absolute Gasteiger partial charge is 0.497 e. The lowest BCUT2D eigenvalue weighted by Crippen LogP contribution is -2.28. The molecule has 0 saturated heterocycles. The smallest absolute Gasteiger partial charge is 0.119 e. The van der Waals surface area contributed by atoms with Crippen LogP contribution in [0.3, 0.4) is 0 Å². The van der Waals surface area contributed by atoms with Gasteiger partial charge in [0.1, 0.15) is 11.9 Å². The van der Waals surface area contributed by atoms with Crippen molar-refractivity contribution in [2.75, 3.05) is 13.2 Å². The van der Waals surface area contributed by atoms with E-state index in [1.54, 1.807) is 0 Å². The van der Waals surface area contributed by atoms with E-state index in [2.05, 4.69) is 23.5 Å². The van der Waals surface area contributed by atoms with Crippen LogP contribution in [0.2, 0.25) is 0 Å². The minimum atomic E-state index is 0.317. The van der Waals surface area contributed by atoms with Crippen LogP contribution in [0.25, 0.3) is 0 Å². The molecule has 1 atom stereocenters. The van der Waals surface area contributed by atoms with Crippen molar-refractivity contribution in [3.63, 3.8) is 0 Å². The van der Waals surface area contributed by atoms with Crippen LogP contribution < -0.4 is 10.1 Å². The summed E-state index contributed by atoms with van der Waals surface area (Å²) < 4.78 is 10.9. The molecule has 0 aliphatic carbocycles. The molecule has 1 heterocycles. The van der Waals surface area contributed by atoms with Crippen LogP contribution in [0.4, 0.5) is 0 Å². The van der Waals surface area contributed by atoms with E-state index in [0.717, 1.165) is 31.7 Å². The summed E-state index contributed by atoms with van der Waals surface area (Å²) in [7, 11) is 0. The lowest BCUT2D eigenvalue weighted by atomic mass is 10.1. The molecule has 1 aliphatic heterocycles. The highest BCUT2D eigenvalue weighted by Crippen LogP contribution is 2.12. The molecule has 0 bridgehead atoms. The first kappa shape index (κ1) is 13.0. The molecule has 2 rings (SSSR count). The van der Waals surface area contributed by atoms with E-state index in [4.69, 9.17) is 9.47 Å². The molecule has 0 radical (unpaired) electrons. The molecule has 1 N–H and O–H groups in total. The first-order valence-electron chi connectivity index (χ1n) is 6.61. The third kappa shape index (κ3) is 4.08. The maximum absolute atomic E-state index is 5.50. The highest BCUT2D eigenvalue weighted by Gasteiger charge is 2.09. The molecular weight excluding hydrogens is 226 g/mol. The second kappa shape index (κ2) is 7.07. The molecule has 0 amide bonds. The van der Waals surface area contributed by atoms with Gasteiger partial charge in [0.15, 0.2) is 0 Å². The minimum absolute atomic E-state index is 0.317. The second-order valence-electron chi connectivity index (χ2n) is 4.42. The summed E-state index contributed by atoms with van der Waals surface area (Å²) in [5.74, 6) is 0.932. The van der Waals surface area contributed by atoms with Crippen LogP contribution in [0.5, 0.6) is 5.75 Å². The third-order valence-electron chi connectivity index (χ3n) is 2.96. The van der Waals surface area contributed by atoms with Gasteiger partial charge in [-0.3, -0.25) is 0 Å². The molecular formula is C15H21NO2. The molecule has 1 unspecified atom stereocenters. The summed E-state index contributed by atoms with van der Waals surface area (Å²) in [6.07, 6.45) is 6.43. The second-order valence-corrected chi connectivity index (χ2v) is 4.42. The Morgan fingerprint density at radius 1 is 1.33 bits per heavy atom. The zero-order valence-corrected chi connectivity index (χ0v) is 10.9. The monoisotopic (exact) mass is 247 g/mol. The highest BCUT2D eigenvalue weighted by molar-refractivity contribution is 5.27. The van der Waals surface area contributed by atoms with Crippen molar-refractivity contribution in [2.24, 2.45) is 0 Å². The number of benzene rings is 1. The fourth-order valence-electron chi connectivity index (χ4n) is 1.98. The predicted molar refractivity (Wildman–Crippen MR) is 72.6 cm³/mol. The third-order valence-corrected chi connectivity index (χ3v) is 2.96. The lowest BCUT2D eigenvalue weighted by molar-refractivity contribution is 0.122. The van der Waals surface area contributed by atoms with E-state index in [9.17, 15) is 0 Å². The van der Waals surface area contributed by atoms with Crippen LogP contribution in [-0.4, -0.2) is 19.3 Å². The van der Waals surface area contributed by atoms with Crippen LogP contribution in [-0.2, 0) is 11.3 Å². The maximum atomic E-state index is 5.50. The van der Waals surface area contributed by atoms with Crippen molar-refractivity contribution in [1.29, 1.82) is 0 Å². The first-order chi connectivity index (χ1) is 8.88. The normalized spacial score (nSPS) is 18.4. The molecule has 0 saturated carbocycles. The zero-order valence-electron chi connectivity index (χ0n) is 10.9. The summed E-state index contributed by atoms with van der Waals surface area (Å²) in [6, 6.07) is 8.22. The number of hydrogen-bond acceptors (Lipinski definition) is 3. The van der Waals surface area contributed by atoms with Gasteiger partial charge in [-0.25, -0.2) is 0 Å². The van der Waals surface area contributed by atoms with Gasteiger partial charge < -0.3 is 14.8 Å². The van der Waals surface area contributed by atoms with Gasteiger partial charge >= 0.3 is 0 Å². The summed E-state index contributed by atoms with van der Waals surface area (Å²) >= 11 is 0. The van der Waals surface area contributed by atoms with Gasteiger partial charge in [-0.2, -0.15) is 0 Å². The molecule has 1 aromatic carbocycles. The SMILES string of the molecule is CCOc1ccc(CNCC2CCC=CO2)cc1. The number of allylic oxidation sites excluding steroid dienone is 1. The van der Waals surface area contributed by atoms with Crippen molar-refractivity contribution >= 4 is 0 Å². The molecule has 3 heteroatoms. The van der Waals surface area contributed by atoms with E-state index < -0.39 is 0 Å². The van der Waals surface area contributed by atoms with Gasteiger partial charge in [0, 0.05) is 13.1 Å². The predicted octanol–water partition coefficient (Wildman–Crippen LogP) is 2.87. The Hall–Kier alpha value is -1.48. The summed E-state index contributed by atoms with van der Waals surface area (Å²) in [5, 5.41) is 3.42. The zero-order chi connectivity index (χ0) is 12.6. The van der Waals surface area contributed by atoms with E-state index in [-0.39, 0.29) is 0 Å². The van der Waals surface area contributed by atoms with Gasteiger partial charge in [0.05, 0.1) is 12.9 Å². The Kier molecular flexibility index (Phi) is 5.09. The molecule has 0 fully saturated rings. The summed E-state index contributed by atoms with van der Waals surface area (Å²) in [4.78, 5) is 0. The van der Waals surface area contributed by atoms with Crippen LogP contribution in [0.1, 0.15) is 25.3 Å². The van der Waals surface area contributed by atoms with E-state index >= 15 is 0 Å². The number of rotatable bonds is 6. The Labute approximate surface area is 109 Å². The van der Waals surface area contributed by atoms with Gasteiger partial charge in [0.2, 0.25) is 0 Å². The number of hydrogen-bond donors (Lipinski definition) is 1. The van der Waals surface area contributed by atoms with Crippen LogP contribution in [0.15, 0.2) is 36.6 Å². The fraction of sp³-hybridized carbons (Fsp3) is 0.467. The maximum Gasteiger partial charge on any atom is 0.119 e. The quantitative estimate of drug-likeness (QED) is 0.838. The van der Waals surface area contributed by atoms with Gasteiger partial charge in [-0.05, 0) is 43.5 Å². The van der Waals surface area contributed by atoms with E-state index in [1.165, 1.54) is 5.56 Å². The molecule has 0 aromatic heterocycles. The molecule has 1 aliphatic rings. The average molecular weight is 247 g/mol. The fourth-order valence-corrected chi connectivity index (χ4v) is 1.98. The van der Waals surface area contributed by atoms with Gasteiger partial charge in [-0.15, -0.1) is 0 Å². The topological polar surface area (TPSA) is 30.5 Å². The molecule has 1 aromatic rings. The van der Waals surface area contributed by atoms with Crippen molar-refractivity contribution in [2.45, 2.75) is 32.4 Å². The van der Waals surface area contributed by atoms with Crippen molar-refractivity contribution in [3.8, 4) is 5.75 Å². The highest BCUT2D eigenvalue weighted by atomic mass is 16.5. The standard InChI is InChI=1S/C15H21NO2/c1-2-17-14-8-6-13(7-9-14)11-16-12-15-5-3-4-10-18-15/h4,6-10,15-16H,2-3,5,11-12H2,1H3. The first-order valence-corrected chi connectivity index (χ1v) is 6.61. The van der Waals surface area contributed by atoms with Crippen LogP contribution >= 0.6 is 0 Å². The molecule has 18 heavy (non-hydrogen) atoms. The summed E-state index contributed by atoms with van der Waals surface area (Å²) in [5.41, 5.74) is 1.27. The minimum Gasteiger partial charge on any atom is -0.497 e. The Balaban J connectivity index is 1.71. The number of ether oxygens (including phenoxy) is 2. The Morgan fingerprint density at radius 3 is 2.83 bits per heavy atom. The molecule has 0 spiro atoms. The van der Waals surface area contributed by atoms with E-state index in [1.807, 2.05) is 25.3 Å². The van der Waals surface area contributed by atoms with Crippen molar-refractivity contribution < 1.29 is 9.47 Å². The number of nitrogens with one attached hydrogen (secondary N) is 1. The van der Waals surface area contributed by atoms with Crippen LogP contribution in [0, 0.1) is 0 Å². The van der Waals surface area contributed by atoms with Gasteiger partial charge in [0.25, 0.3) is 0 Å². The van der Waals surface area contributed by atoms with Gasteiger partial charge in [-0.1, -0.05) is 12.1 Å². The van der Waals surface area contributed by atoms with Crippen molar-refractivity contribution in [3.05, 3.63) is 42.2 Å². The van der Waals surface area contributed by atoms with E-state index in [0.29, 0.717) is 12.7 Å².